The molecule has 0 atom stereocenters. The van der Waals surface area contributed by atoms with Gasteiger partial charge in [0.25, 0.3) is 15.9 Å². The van der Waals surface area contributed by atoms with Gasteiger partial charge in [0.2, 0.25) is 5.95 Å². The number of aryl methyl sites for hydroxylation is 2. The second-order valence-electron chi connectivity index (χ2n) is 14.5. The molecule has 0 bridgehead atoms. The van der Waals surface area contributed by atoms with E-state index in [0.717, 1.165) is 61.8 Å². The van der Waals surface area contributed by atoms with Crippen LogP contribution in [0.3, 0.4) is 0 Å². The average molecular weight is 887 g/mol. The maximum Gasteiger partial charge on any atom is 0.329 e. The molecule has 342 valence electrons. The number of unbranched alkanes of at least 4 members (excludes halogenated alkanes) is 8. The number of amides is 1. The number of rotatable bonds is 37. The fraction of sp³-hybridized carbons (Fsp3) is 0.545. The molecule has 3 aromatic rings. The number of aromatic nitrogens is 2. The number of anilines is 1. The van der Waals surface area contributed by atoms with E-state index in [-0.39, 0.29) is 87.8 Å². The highest BCUT2D eigenvalue weighted by Gasteiger charge is 2.16. The third kappa shape index (κ3) is 23.8. The van der Waals surface area contributed by atoms with Gasteiger partial charge < -0.3 is 39.2 Å². The molecule has 0 radical (unpaired) electrons. The largest absolute Gasteiger partial charge is 0.494 e. The zero-order valence-electron chi connectivity index (χ0n) is 35.4. The monoisotopic (exact) mass is 886 g/mol. The maximum absolute atomic E-state index is 13.0. The minimum Gasteiger partial charge on any atom is -0.494 e. The smallest absolute Gasteiger partial charge is 0.329 e. The van der Waals surface area contributed by atoms with Gasteiger partial charge in [0.15, 0.2) is 5.78 Å². The molecule has 2 aromatic carbocycles. The molecule has 0 saturated heterocycles. The number of hydrogen-bond donors (Lipinski definition) is 4. The number of sulfonamides is 1. The summed E-state index contributed by atoms with van der Waals surface area (Å²) in [6, 6.07) is 14.6. The van der Waals surface area contributed by atoms with Crippen molar-refractivity contribution in [3.8, 4) is 5.75 Å². The lowest BCUT2D eigenvalue weighted by Crippen LogP contribution is -2.28. The second-order valence-corrected chi connectivity index (χ2v) is 16.2. The first-order valence-corrected chi connectivity index (χ1v) is 22.7. The van der Waals surface area contributed by atoms with Crippen molar-refractivity contribution in [1.82, 2.24) is 15.3 Å². The van der Waals surface area contributed by atoms with E-state index >= 15 is 0 Å². The third-order valence-corrected chi connectivity index (χ3v) is 10.7. The lowest BCUT2D eigenvalue weighted by Gasteiger charge is -2.09. The van der Waals surface area contributed by atoms with E-state index in [2.05, 4.69) is 20.0 Å². The molecule has 0 fully saturated rings. The SMILES string of the molecule is O=C(O)CCCCCCCCCCCOc1ccc(CCc2ccc(S(=O)(=O)Nc3ncc(C(=O)NCCOCCOCC(=O)CCCOCCOCC(=O)O)cn3)cc2)cc1. The lowest BCUT2D eigenvalue weighted by molar-refractivity contribution is -0.143. The van der Waals surface area contributed by atoms with Crippen molar-refractivity contribution < 1.29 is 61.5 Å². The molecule has 0 aliphatic heterocycles. The van der Waals surface area contributed by atoms with Crippen molar-refractivity contribution in [2.75, 3.05) is 70.7 Å². The number of nitrogens with one attached hydrogen (secondary N) is 2. The minimum atomic E-state index is -3.97. The van der Waals surface area contributed by atoms with E-state index < -0.39 is 27.9 Å². The summed E-state index contributed by atoms with van der Waals surface area (Å²) in [6.45, 7) is 1.82. The number of benzene rings is 2. The Morgan fingerprint density at radius 1 is 0.565 bits per heavy atom. The molecule has 0 saturated carbocycles. The second kappa shape index (κ2) is 30.9. The summed E-state index contributed by atoms with van der Waals surface area (Å²) in [6.07, 6.45) is 14.8. The highest BCUT2D eigenvalue weighted by atomic mass is 32.2. The van der Waals surface area contributed by atoms with Gasteiger partial charge in [0, 0.05) is 38.4 Å². The Morgan fingerprint density at radius 3 is 1.73 bits per heavy atom. The molecule has 1 aromatic heterocycles. The molecule has 0 aliphatic rings. The number of ketones is 1. The number of Topliss-reactive ketones (excluding diaryl/α,β-unsaturated/α-hetero) is 1. The lowest BCUT2D eigenvalue weighted by atomic mass is 10.0. The van der Waals surface area contributed by atoms with Crippen molar-refractivity contribution in [3.05, 3.63) is 77.6 Å². The summed E-state index contributed by atoms with van der Waals surface area (Å²) in [5.74, 6) is -1.64. The molecule has 1 amide bonds. The Bertz CT molecular complexity index is 1850. The molecule has 18 heteroatoms. The molecule has 0 spiro atoms. The molecular formula is C44H62N4O13S. The van der Waals surface area contributed by atoms with Crippen molar-refractivity contribution in [2.24, 2.45) is 0 Å². The van der Waals surface area contributed by atoms with E-state index in [1.807, 2.05) is 24.3 Å². The Hall–Kier alpha value is -5.01. The highest BCUT2D eigenvalue weighted by Crippen LogP contribution is 2.18. The van der Waals surface area contributed by atoms with Gasteiger partial charge in [0.1, 0.15) is 19.0 Å². The zero-order valence-corrected chi connectivity index (χ0v) is 36.2. The van der Waals surface area contributed by atoms with Gasteiger partial charge in [-0.25, -0.2) is 27.9 Å². The number of carbonyl (C=O) groups excluding carboxylic acids is 2. The summed E-state index contributed by atoms with van der Waals surface area (Å²) in [7, 11) is -3.97. The first-order valence-electron chi connectivity index (χ1n) is 21.2. The van der Waals surface area contributed by atoms with Crippen LogP contribution in [-0.4, -0.2) is 118 Å². The zero-order chi connectivity index (χ0) is 44.7. The minimum absolute atomic E-state index is 0.0520. The van der Waals surface area contributed by atoms with Crippen molar-refractivity contribution in [3.63, 3.8) is 0 Å². The third-order valence-electron chi connectivity index (χ3n) is 9.31. The van der Waals surface area contributed by atoms with E-state index in [1.54, 1.807) is 12.1 Å². The van der Waals surface area contributed by atoms with Crippen LogP contribution in [0.5, 0.6) is 5.75 Å². The van der Waals surface area contributed by atoms with Crippen LogP contribution in [0.15, 0.2) is 65.8 Å². The normalized spacial score (nSPS) is 11.3. The van der Waals surface area contributed by atoms with Crippen LogP contribution in [0, 0.1) is 0 Å². The first kappa shape index (κ1) is 51.3. The van der Waals surface area contributed by atoms with Crippen LogP contribution < -0.4 is 14.8 Å². The van der Waals surface area contributed by atoms with Gasteiger partial charge >= 0.3 is 11.9 Å². The van der Waals surface area contributed by atoms with Gasteiger partial charge in [-0.05, 0) is 67.5 Å². The van der Waals surface area contributed by atoms with Crippen LogP contribution >= 0.6 is 0 Å². The summed E-state index contributed by atoms with van der Waals surface area (Å²) in [5, 5.41) is 19.8. The van der Waals surface area contributed by atoms with Crippen LogP contribution in [0.4, 0.5) is 5.95 Å². The van der Waals surface area contributed by atoms with Crippen LogP contribution in [0.25, 0.3) is 0 Å². The van der Waals surface area contributed by atoms with Gasteiger partial charge in [0.05, 0.1) is 50.1 Å². The Morgan fingerprint density at radius 2 is 1.11 bits per heavy atom. The van der Waals surface area contributed by atoms with Crippen LogP contribution in [0.2, 0.25) is 0 Å². The van der Waals surface area contributed by atoms with E-state index in [4.69, 9.17) is 33.9 Å². The van der Waals surface area contributed by atoms with Gasteiger partial charge in [-0.3, -0.25) is 14.4 Å². The summed E-state index contributed by atoms with van der Waals surface area (Å²) in [4.78, 5) is 53.3. The standard InChI is InChI=1S/C44H62N4O13S/c49-38(11-10-24-57-27-30-60-34-42(52)53)33-59-29-28-58-26-23-45-43(54)37-31-46-44(47-32-37)48-62(55,56)40-21-17-36(18-22-40)14-13-35-15-19-39(20-16-35)61-25-9-7-5-3-1-2-4-6-8-12-41(50)51/h15-22,31-32H,1-14,23-30,33-34H2,(H,45,54)(H,50,51)(H,52,53)(H,46,47,48). The number of ether oxygens (including phenoxy) is 5. The number of nitrogens with zero attached hydrogens (tertiary/aromatic N) is 2. The molecule has 0 aliphatic carbocycles. The predicted molar refractivity (Wildman–Crippen MR) is 230 cm³/mol. The quantitative estimate of drug-likeness (QED) is 0.0511. The maximum atomic E-state index is 13.0. The molecule has 62 heavy (non-hydrogen) atoms. The van der Waals surface area contributed by atoms with E-state index in [1.165, 1.54) is 50.2 Å². The summed E-state index contributed by atoms with van der Waals surface area (Å²) < 4.78 is 55.1. The topological polar surface area (TPSA) is 239 Å². The van der Waals surface area contributed by atoms with E-state index in [9.17, 15) is 27.6 Å². The van der Waals surface area contributed by atoms with Crippen LogP contribution in [0.1, 0.15) is 98.5 Å². The fourth-order valence-corrected chi connectivity index (χ4v) is 6.88. The average Bonchev–Trinajstić information content (AvgIpc) is 3.25. The number of hydrogen-bond acceptors (Lipinski definition) is 13. The van der Waals surface area contributed by atoms with Crippen molar-refractivity contribution in [1.29, 1.82) is 0 Å². The molecule has 17 nitrogen and oxygen atoms in total. The van der Waals surface area contributed by atoms with E-state index in [0.29, 0.717) is 19.6 Å². The van der Waals surface area contributed by atoms with Gasteiger partial charge in [-0.2, -0.15) is 0 Å². The molecule has 4 N–H and O–H groups in total. The van der Waals surface area contributed by atoms with Gasteiger partial charge in [-0.15, -0.1) is 0 Å². The first-order chi connectivity index (χ1) is 30.0. The van der Waals surface area contributed by atoms with Crippen LogP contribution in [-0.2, 0) is 56.2 Å². The highest BCUT2D eigenvalue weighted by molar-refractivity contribution is 7.92. The summed E-state index contributed by atoms with van der Waals surface area (Å²) >= 11 is 0. The molecule has 0 unspecified atom stereocenters. The molecule has 3 rings (SSSR count). The number of aliphatic carboxylic acids is 2. The molecule has 1 heterocycles. The fourth-order valence-electron chi connectivity index (χ4n) is 5.93. The number of carbonyl (C=O) groups is 4. The van der Waals surface area contributed by atoms with Crippen molar-refractivity contribution >= 4 is 39.6 Å². The van der Waals surface area contributed by atoms with Gasteiger partial charge in [-0.1, -0.05) is 69.2 Å². The Kier molecular flexibility index (Phi) is 25.6. The Balaban J connectivity index is 1.22. The number of carboxylic acids is 2. The summed E-state index contributed by atoms with van der Waals surface area (Å²) in [5.41, 5.74) is 2.26. The predicted octanol–water partition coefficient (Wildman–Crippen LogP) is 5.66. The number of carboxylic acid groups (broad SMARTS) is 2. The Labute approximate surface area is 364 Å². The molecular weight excluding hydrogens is 825 g/mol. The van der Waals surface area contributed by atoms with Crippen molar-refractivity contribution in [2.45, 2.75) is 94.8 Å².